The number of rotatable bonds is 4. The van der Waals surface area contributed by atoms with Gasteiger partial charge in [-0.2, -0.15) is 0 Å². The molecule has 0 spiro atoms. The number of amides is 3. The van der Waals surface area contributed by atoms with Crippen LogP contribution in [-0.4, -0.2) is 40.2 Å². The Morgan fingerprint density at radius 3 is 2.72 bits per heavy atom. The number of aromatic nitrogens is 1. The molecule has 0 radical (unpaired) electrons. The van der Waals surface area contributed by atoms with Crippen molar-refractivity contribution in [1.29, 1.82) is 0 Å². The Morgan fingerprint density at radius 1 is 1.20 bits per heavy atom. The van der Waals surface area contributed by atoms with E-state index in [4.69, 9.17) is 5.73 Å². The molecule has 3 fully saturated rings. The molecule has 0 aromatic carbocycles. The number of pyridine rings is 1. The van der Waals surface area contributed by atoms with Gasteiger partial charge in [0.05, 0.1) is 0 Å². The Morgan fingerprint density at radius 2 is 2.00 bits per heavy atom. The Hall–Kier alpha value is -2.44. The van der Waals surface area contributed by atoms with Gasteiger partial charge in [-0.1, -0.05) is 6.42 Å². The lowest BCUT2D eigenvalue weighted by Gasteiger charge is -2.25. The van der Waals surface area contributed by atoms with Crippen LogP contribution in [0.5, 0.6) is 0 Å². The summed E-state index contributed by atoms with van der Waals surface area (Å²) in [7, 11) is 0. The average Bonchev–Trinajstić information content (AvgIpc) is 3.23. The molecule has 3 N–H and O–H groups in total. The van der Waals surface area contributed by atoms with E-state index >= 15 is 0 Å². The Bertz CT molecular complexity index is 731. The fraction of sp³-hybridized carbons (Fsp3) is 0.556. The molecule has 2 aliphatic carbocycles. The number of nitrogens with two attached hydrogens (primary N) is 1. The van der Waals surface area contributed by atoms with Crippen molar-refractivity contribution in [1.82, 2.24) is 9.88 Å². The first kappa shape index (κ1) is 16.1. The number of primary amides is 1. The van der Waals surface area contributed by atoms with Crippen molar-refractivity contribution in [3.8, 4) is 0 Å². The number of hydrogen-bond donors (Lipinski definition) is 2. The highest BCUT2D eigenvalue weighted by molar-refractivity contribution is 5.99. The van der Waals surface area contributed by atoms with Crippen LogP contribution in [0.15, 0.2) is 18.3 Å². The molecular weight excluding hydrogens is 320 g/mol. The van der Waals surface area contributed by atoms with Crippen molar-refractivity contribution in [2.75, 3.05) is 11.9 Å². The number of fused-ring (bicyclic) bond motifs is 1. The van der Waals surface area contributed by atoms with Gasteiger partial charge >= 0.3 is 0 Å². The predicted octanol–water partition coefficient (Wildman–Crippen LogP) is 1.16. The standard InChI is InChI=1S/C18H22N4O3/c19-16(23)15-13-3-1-2-12(13)9-22(15)18(25)11-6-7-20-14(8-11)21-17(24)10-4-5-10/h6-8,10,12-13,15H,1-5,9H2,(H2,19,23)(H,20,21,24). The van der Waals surface area contributed by atoms with Gasteiger partial charge in [0.25, 0.3) is 5.91 Å². The summed E-state index contributed by atoms with van der Waals surface area (Å²) in [6, 6.07) is 2.66. The minimum absolute atomic E-state index is 0.0529. The van der Waals surface area contributed by atoms with Gasteiger partial charge in [-0.3, -0.25) is 14.4 Å². The Labute approximate surface area is 146 Å². The van der Waals surface area contributed by atoms with E-state index in [0.29, 0.717) is 23.8 Å². The summed E-state index contributed by atoms with van der Waals surface area (Å²) in [5.74, 6) is 0.273. The molecular formula is C18H22N4O3. The van der Waals surface area contributed by atoms with Crippen molar-refractivity contribution in [3.63, 3.8) is 0 Å². The lowest BCUT2D eigenvalue weighted by Crippen LogP contribution is -2.46. The molecule has 3 unspecified atom stereocenters. The van der Waals surface area contributed by atoms with Crippen LogP contribution in [-0.2, 0) is 9.59 Å². The minimum atomic E-state index is -0.530. The number of nitrogens with zero attached hydrogens (tertiary/aromatic N) is 2. The van der Waals surface area contributed by atoms with Gasteiger partial charge in [0, 0.05) is 24.2 Å². The van der Waals surface area contributed by atoms with Crippen molar-refractivity contribution >= 4 is 23.5 Å². The SMILES string of the molecule is NC(=O)C1C2CCCC2CN1C(=O)c1ccnc(NC(=O)C2CC2)c1. The number of anilines is 1. The first-order chi connectivity index (χ1) is 12.0. The van der Waals surface area contributed by atoms with Crippen LogP contribution in [0.25, 0.3) is 0 Å². The molecule has 7 heteroatoms. The summed E-state index contributed by atoms with van der Waals surface area (Å²) in [6.07, 6.45) is 6.39. The van der Waals surface area contributed by atoms with E-state index in [1.54, 1.807) is 17.0 Å². The smallest absolute Gasteiger partial charge is 0.254 e. The number of likely N-dealkylation sites (tertiary alicyclic amines) is 1. The van der Waals surface area contributed by atoms with E-state index in [1.165, 1.54) is 6.20 Å². The van der Waals surface area contributed by atoms with Gasteiger partial charge in [-0.25, -0.2) is 4.98 Å². The van der Waals surface area contributed by atoms with Crippen molar-refractivity contribution in [2.45, 2.75) is 38.1 Å². The maximum atomic E-state index is 13.0. The molecule has 1 aromatic heterocycles. The number of nitrogens with one attached hydrogen (secondary N) is 1. The van der Waals surface area contributed by atoms with Crippen molar-refractivity contribution < 1.29 is 14.4 Å². The first-order valence-corrected chi connectivity index (χ1v) is 8.92. The summed E-state index contributed by atoms with van der Waals surface area (Å²) < 4.78 is 0. The lowest BCUT2D eigenvalue weighted by molar-refractivity contribution is -0.122. The highest BCUT2D eigenvalue weighted by atomic mass is 16.2. The van der Waals surface area contributed by atoms with Crippen LogP contribution in [0, 0.1) is 17.8 Å². The average molecular weight is 342 g/mol. The van der Waals surface area contributed by atoms with Gasteiger partial charge < -0.3 is 16.0 Å². The number of carbonyl (C=O) groups is 3. The largest absolute Gasteiger partial charge is 0.368 e. The molecule has 1 aromatic rings. The highest BCUT2D eigenvalue weighted by Gasteiger charge is 2.48. The maximum absolute atomic E-state index is 13.0. The highest BCUT2D eigenvalue weighted by Crippen LogP contribution is 2.42. The third-order valence-electron chi connectivity index (χ3n) is 5.65. The van der Waals surface area contributed by atoms with E-state index in [-0.39, 0.29) is 23.7 Å². The van der Waals surface area contributed by atoms with Gasteiger partial charge in [0.1, 0.15) is 11.9 Å². The van der Waals surface area contributed by atoms with Crippen LogP contribution >= 0.6 is 0 Å². The monoisotopic (exact) mass is 342 g/mol. The number of carbonyl (C=O) groups excluding carboxylic acids is 3. The van der Waals surface area contributed by atoms with Crippen LogP contribution in [0.4, 0.5) is 5.82 Å². The van der Waals surface area contributed by atoms with Gasteiger partial charge in [0.15, 0.2) is 0 Å². The van der Waals surface area contributed by atoms with E-state index in [9.17, 15) is 14.4 Å². The molecule has 2 saturated carbocycles. The third-order valence-corrected chi connectivity index (χ3v) is 5.65. The quantitative estimate of drug-likeness (QED) is 0.856. The van der Waals surface area contributed by atoms with Gasteiger partial charge in [0.2, 0.25) is 11.8 Å². The summed E-state index contributed by atoms with van der Waals surface area (Å²) in [5, 5.41) is 2.75. The predicted molar refractivity (Wildman–Crippen MR) is 90.4 cm³/mol. The summed E-state index contributed by atoms with van der Waals surface area (Å²) in [6.45, 7) is 0.573. The molecule has 0 bridgehead atoms. The normalized spacial score (nSPS) is 27.8. The fourth-order valence-corrected chi connectivity index (χ4v) is 4.25. The molecule has 25 heavy (non-hydrogen) atoms. The van der Waals surface area contributed by atoms with E-state index in [2.05, 4.69) is 10.3 Å². The second kappa shape index (κ2) is 6.13. The molecule has 4 rings (SSSR count). The third kappa shape index (κ3) is 2.99. The Kier molecular flexibility index (Phi) is 3.94. The molecule has 3 amide bonds. The summed E-state index contributed by atoms with van der Waals surface area (Å²) in [4.78, 5) is 42.5. The van der Waals surface area contributed by atoms with Crippen LogP contribution in [0.2, 0.25) is 0 Å². The fourth-order valence-electron chi connectivity index (χ4n) is 4.25. The molecule has 132 valence electrons. The molecule has 7 nitrogen and oxygen atoms in total. The lowest BCUT2D eigenvalue weighted by atomic mass is 9.93. The molecule has 3 atom stereocenters. The first-order valence-electron chi connectivity index (χ1n) is 8.92. The maximum Gasteiger partial charge on any atom is 0.254 e. The second-order valence-corrected chi connectivity index (χ2v) is 7.35. The van der Waals surface area contributed by atoms with E-state index in [1.807, 2.05) is 0 Å². The molecule has 2 heterocycles. The van der Waals surface area contributed by atoms with Crippen LogP contribution < -0.4 is 11.1 Å². The Balaban J connectivity index is 1.53. The van der Waals surface area contributed by atoms with Crippen LogP contribution in [0.1, 0.15) is 42.5 Å². The van der Waals surface area contributed by atoms with Gasteiger partial charge in [-0.05, 0) is 49.7 Å². The van der Waals surface area contributed by atoms with E-state index < -0.39 is 11.9 Å². The summed E-state index contributed by atoms with van der Waals surface area (Å²) in [5.41, 5.74) is 6.02. The zero-order valence-corrected chi connectivity index (χ0v) is 14.0. The molecule has 3 aliphatic rings. The topological polar surface area (TPSA) is 105 Å². The zero-order chi connectivity index (χ0) is 17.6. The minimum Gasteiger partial charge on any atom is -0.368 e. The number of hydrogen-bond acceptors (Lipinski definition) is 4. The summed E-state index contributed by atoms with van der Waals surface area (Å²) >= 11 is 0. The van der Waals surface area contributed by atoms with Gasteiger partial charge in [-0.15, -0.1) is 0 Å². The van der Waals surface area contributed by atoms with Crippen molar-refractivity contribution in [3.05, 3.63) is 23.9 Å². The molecule has 1 aliphatic heterocycles. The zero-order valence-electron chi connectivity index (χ0n) is 14.0. The van der Waals surface area contributed by atoms with E-state index in [0.717, 1.165) is 32.1 Å². The second-order valence-electron chi connectivity index (χ2n) is 7.35. The molecule has 1 saturated heterocycles. The van der Waals surface area contributed by atoms with Crippen molar-refractivity contribution in [2.24, 2.45) is 23.5 Å². The van der Waals surface area contributed by atoms with Crippen LogP contribution in [0.3, 0.4) is 0 Å².